The molecule has 82 valence electrons. The molecule has 0 radical (unpaired) electrons. The Morgan fingerprint density at radius 3 is 2.73 bits per heavy atom. The molecular formula is C10H10BrClO3. The summed E-state index contributed by atoms with van der Waals surface area (Å²) in [7, 11) is 1.32. The van der Waals surface area contributed by atoms with E-state index < -0.39 is 5.97 Å². The summed E-state index contributed by atoms with van der Waals surface area (Å²) >= 11 is 9.20. The molecule has 0 bridgehead atoms. The van der Waals surface area contributed by atoms with Gasteiger partial charge in [-0.2, -0.15) is 0 Å². The Morgan fingerprint density at radius 2 is 2.20 bits per heavy atom. The summed E-state index contributed by atoms with van der Waals surface area (Å²) in [4.78, 5) is 11.3. The van der Waals surface area contributed by atoms with Crippen molar-refractivity contribution >= 4 is 33.5 Å². The molecule has 0 saturated carbocycles. The average molecular weight is 294 g/mol. The number of ether oxygens (including phenoxy) is 2. The summed E-state index contributed by atoms with van der Waals surface area (Å²) in [6.45, 7) is 2.35. The number of hydrogen-bond acceptors (Lipinski definition) is 3. The van der Waals surface area contributed by atoms with E-state index in [9.17, 15) is 4.79 Å². The molecule has 0 aliphatic rings. The molecule has 15 heavy (non-hydrogen) atoms. The van der Waals surface area contributed by atoms with Gasteiger partial charge < -0.3 is 9.47 Å². The van der Waals surface area contributed by atoms with Gasteiger partial charge >= 0.3 is 5.97 Å². The van der Waals surface area contributed by atoms with E-state index in [-0.39, 0.29) is 0 Å². The van der Waals surface area contributed by atoms with Crippen LogP contribution in [0, 0.1) is 0 Å². The lowest BCUT2D eigenvalue weighted by molar-refractivity contribution is 0.0600. The Morgan fingerprint density at radius 1 is 1.53 bits per heavy atom. The van der Waals surface area contributed by atoms with E-state index in [0.717, 1.165) is 0 Å². The maximum Gasteiger partial charge on any atom is 0.338 e. The van der Waals surface area contributed by atoms with Gasteiger partial charge in [-0.1, -0.05) is 11.6 Å². The lowest BCUT2D eigenvalue weighted by Crippen LogP contribution is -2.02. The first-order valence-electron chi connectivity index (χ1n) is 4.30. The first kappa shape index (κ1) is 12.3. The van der Waals surface area contributed by atoms with E-state index in [4.69, 9.17) is 16.3 Å². The van der Waals surface area contributed by atoms with E-state index in [1.54, 1.807) is 6.07 Å². The molecule has 0 atom stereocenters. The van der Waals surface area contributed by atoms with Gasteiger partial charge in [0.05, 0.1) is 28.8 Å². The standard InChI is InChI=1S/C10H10BrClO3/c1-3-15-8-5-6(10(13)14-2)4-7(12)9(8)11/h4-5H,3H2,1-2H3. The quantitative estimate of drug-likeness (QED) is 0.802. The molecule has 0 aromatic heterocycles. The molecular weight excluding hydrogens is 283 g/mol. The average Bonchev–Trinajstić information content (AvgIpc) is 2.23. The molecule has 0 saturated heterocycles. The van der Waals surface area contributed by atoms with Crippen molar-refractivity contribution < 1.29 is 14.3 Å². The summed E-state index contributed by atoms with van der Waals surface area (Å²) in [5.74, 6) is 0.0933. The smallest absolute Gasteiger partial charge is 0.338 e. The Kier molecular flexibility index (Phi) is 4.42. The van der Waals surface area contributed by atoms with Gasteiger partial charge in [-0.15, -0.1) is 0 Å². The van der Waals surface area contributed by atoms with Gasteiger partial charge in [0.25, 0.3) is 0 Å². The molecule has 0 heterocycles. The topological polar surface area (TPSA) is 35.5 Å². The summed E-state index contributed by atoms with van der Waals surface area (Å²) in [6.07, 6.45) is 0. The normalized spacial score (nSPS) is 9.87. The fraction of sp³-hybridized carbons (Fsp3) is 0.300. The minimum absolute atomic E-state index is 0.370. The summed E-state index contributed by atoms with van der Waals surface area (Å²) in [5, 5.41) is 0.418. The maximum atomic E-state index is 11.3. The Balaban J connectivity index is 3.16. The molecule has 1 aromatic carbocycles. The summed E-state index contributed by atoms with van der Waals surface area (Å²) in [5.41, 5.74) is 0.370. The third-order valence-electron chi connectivity index (χ3n) is 1.72. The Hall–Kier alpha value is -0.740. The number of halogens is 2. The van der Waals surface area contributed by atoms with Crippen LogP contribution >= 0.6 is 27.5 Å². The van der Waals surface area contributed by atoms with Gasteiger partial charge in [0.1, 0.15) is 5.75 Å². The van der Waals surface area contributed by atoms with Crippen LogP contribution in [-0.2, 0) is 4.74 Å². The van der Waals surface area contributed by atoms with Gasteiger partial charge in [0.15, 0.2) is 0 Å². The van der Waals surface area contributed by atoms with E-state index in [2.05, 4.69) is 20.7 Å². The molecule has 1 aromatic rings. The van der Waals surface area contributed by atoms with Crippen molar-refractivity contribution in [2.24, 2.45) is 0 Å². The molecule has 0 amide bonds. The number of rotatable bonds is 3. The number of hydrogen-bond donors (Lipinski definition) is 0. The number of carbonyl (C=O) groups is 1. The Labute approximate surface area is 101 Å². The number of carbonyl (C=O) groups excluding carboxylic acids is 1. The third kappa shape index (κ3) is 2.86. The molecule has 0 fully saturated rings. The number of esters is 1. The second-order valence-corrected chi connectivity index (χ2v) is 3.89. The monoisotopic (exact) mass is 292 g/mol. The predicted molar refractivity (Wildman–Crippen MR) is 61.7 cm³/mol. The lowest BCUT2D eigenvalue weighted by atomic mass is 10.2. The highest BCUT2D eigenvalue weighted by Gasteiger charge is 2.13. The van der Waals surface area contributed by atoms with Crippen molar-refractivity contribution in [1.29, 1.82) is 0 Å². The van der Waals surface area contributed by atoms with Crippen molar-refractivity contribution in [1.82, 2.24) is 0 Å². The SMILES string of the molecule is CCOc1cc(C(=O)OC)cc(Cl)c1Br. The van der Waals surface area contributed by atoms with E-state index in [0.29, 0.717) is 27.4 Å². The van der Waals surface area contributed by atoms with Gasteiger partial charge in [-0.25, -0.2) is 4.79 Å². The zero-order chi connectivity index (χ0) is 11.4. The first-order valence-corrected chi connectivity index (χ1v) is 5.47. The van der Waals surface area contributed by atoms with Crippen LogP contribution in [0.25, 0.3) is 0 Å². The number of methoxy groups -OCH3 is 1. The molecule has 5 heteroatoms. The van der Waals surface area contributed by atoms with Crippen LogP contribution in [0.1, 0.15) is 17.3 Å². The minimum atomic E-state index is -0.439. The fourth-order valence-corrected chi connectivity index (χ4v) is 1.61. The molecule has 1 rings (SSSR count). The van der Waals surface area contributed by atoms with Gasteiger partial charge in [0.2, 0.25) is 0 Å². The molecule has 0 spiro atoms. The van der Waals surface area contributed by atoms with Crippen LogP contribution < -0.4 is 4.74 Å². The van der Waals surface area contributed by atoms with Crippen LogP contribution in [0.2, 0.25) is 5.02 Å². The summed E-state index contributed by atoms with van der Waals surface area (Å²) < 4.78 is 10.5. The van der Waals surface area contributed by atoms with Crippen molar-refractivity contribution in [3.63, 3.8) is 0 Å². The maximum absolute atomic E-state index is 11.3. The lowest BCUT2D eigenvalue weighted by Gasteiger charge is -2.09. The predicted octanol–water partition coefficient (Wildman–Crippen LogP) is 3.29. The van der Waals surface area contributed by atoms with Crippen molar-refractivity contribution in [2.75, 3.05) is 13.7 Å². The highest BCUT2D eigenvalue weighted by Crippen LogP contribution is 2.34. The van der Waals surface area contributed by atoms with Gasteiger partial charge in [0, 0.05) is 0 Å². The largest absolute Gasteiger partial charge is 0.493 e. The molecule has 0 aliphatic heterocycles. The highest BCUT2D eigenvalue weighted by atomic mass is 79.9. The fourth-order valence-electron chi connectivity index (χ4n) is 1.06. The van der Waals surface area contributed by atoms with E-state index >= 15 is 0 Å². The van der Waals surface area contributed by atoms with Gasteiger partial charge in [-0.3, -0.25) is 0 Å². The molecule has 0 unspecified atom stereocenters. The molecule has 0 aliphatic carbocycles. The van der Waals surface area contributed by atoms with Crippen LogP contribution in [0.15, 0.2) is 16.6 Å². The second kappa shape index (κ2) is 5.37. The first-order chi connectivity index (χ1) is 7.10. The third-order valence-corrected chi connectivity index (χ3v) is 3.06. The zero-order valence-corrected chi connectivity index (χ0v) is 10.7. The van der Waals surface area contributed by atoms with E-state index in [1.165, 1.54) is 13.2 Å². The van der Waals surface area contributed by atoms with Crippen LogP contribution in [0.3, 0.4) is 0 Å². The minimum Gasteiger partial charge on any atom is -0.493 e. The van der Waals surface area contributed by atoms with Crippen LogP contribution in [0.4, 0.5) is 0 Å². The number of benzene rings is 1. The van der Waals surface area contributed by atoms with Crippen molar-refractivity contribution in [2.45, 2.75) is 6.92 Å². The zero-order valence-electron chi connectivity index (χ0n) is 8.34. The second-order valence-electron chi connectivity index (χ2n) is 2.69. The highest BCUT2D eigenvalue weighted by molar-refractivity contribution is 9.10. The van der Waals surface area contributed by atoms with E-state index in [1.807, 2.05) is 6.92 Å². The summed E-state index contributed by atoms with van der Waals surface area (Å²) in [6, 6.07) is 3.12. The molecule has 0 N–H and O–H groups in total. The molecule has 3 nitrogen and oxygen atoms in total. The van der Waals surface area contributed by atoms with Crippen molar-refractivity contribution in [3.05, 3.63) is 27.2 Å². The van der Waals surface area contributed by atoms with Crippen molar-refractivity contribution in [3.8, 4) is 5.75 Å². The van der Waals surface area contributed by atoms with Crippen LogP contribution in [-0.4, -0.2) is 19.7 Å². The van der Waals surface area contributed by atoms with Gasteiger partial charge in [-0.05, 0) is 35.0 Å². The Bertz CT molecular complexity index is 379. The van der Waals surface area contributed by atoms with Crippen LogP contribution in [0.5, 0.6) is 5.75 Å².